The van der Waals surface area contributed by atoms with Crippen LogP contribution < -0.4 is 5.73 Å². The predicted molar refractivity (Wildman–Crippen MR) is 61.8 cm³/mol. The number of nitrogens with zero attached hydrogens (tertiary/aromatic N) is 1. The number of hydrogen-bond acceptors (Lipinski definition) is 3. The minimum atomic E-state index is 0.129. The van der Waals surface area contributed by atoms with E-state index in [0.717, 1.165) is 19.7 Å². The molecule has 15 heavy (non-hydrogen) atoms. The van der Waals surface area contributed by atoms with Crippen molar-refractivity contribution in [1.82, 2.24) is 4.90 Å². The van der Waals surface area contributed by atoms with Crippen LogP contribution in [0, 0.1) is 0 Å². The summed E-state index contributed by atoms with van der Waals surface area (Å²) in [5.74, 6) is 0. The molecule has 2 atom stereocenters. The van der Waals surface area contributed by atoms with Crippen LogP contribution in [0.1, 0.15) is 39.5 Å². The fraction of sp³-hybridized carbons (Fsp3) is 1.00. The third kappa shape index (κ3) is 2.19. The topological polar surface area (TPSA) is 38.5 Å². The number of rotatable bonds is 2. The van der Waals surface area contributed by atoms with Crippen LogP contribution in [0.4, 0.5) is 0 Å². The molecule has 2 rings (SSSR count). The minimum Gasteiger partial charge on any atom is -0.375 e. The van der Waals surface area contributed by atoms with Crippen LogP contribution in [0.25, 0.3) is 0 Å². The van der Waals surface area contributed by atoms with E-state index < -0.39 is 0 Å². The zero-order chi connectivity index (χ0) is 10.9. The quantitative estimate of drug-likeness (QED) is 0.751. The summed E-state index contributed by atoms with van der Waals surface area (Å²) in [6, 6.07) is 0.617. The highest BCUT2D eigenvalue weighted by Crippen LogP contribution is 2.32. The number of fused-ring (bicyclic) bond motifs is 1. The van der Waals surface area contributed by atoms with Crippen molar-refractivity contribution in [2.45, 2.75) is 57.2 Å². The minimum absolute atomic E-state index is 0.129. The van der Waals surface area contributed by atoms with E-state index in [0.29, 0.717) is 12.1 Å². The van der Waals surface area contributed by atoms with E-state index in [-0.39, 0.29) is 5.54 Å². The van der Waals surface area contributed by atoms with Crippen LogP contribution >= 0.6 is 0 Å². The summed E-state index contributed by atoms with van der Waals surface area (Å²) in [6.07, 6.45) is 5.67. The number of nitrogens with two attached hydrogens (primary N) is 1. The van der Waals surface area contributed by atoms with Crippen LogP contribution in [0.2, 0.25) is 0 Å². The molecule has 1 aliphatic heterocycles. The number of ether oxygens (including phenoxy) is 1. The standard InChI is InChI=1S/C12H24N2O/c1-12(2,9-13)14-7-8-15-11-6-4-3-5-10(11)14/h10-11H,3-9,13H2,1-2H3. The molecule has 0 radical (unpaired) electrons. The second kappa shape index (κ2) is 4.40. The van der Waals surface area contributed by atoms with Gasteiger partial charge in [-0.1, -0.05) is 12.8 Å². The van der Waals surface area contributed by atoms with Gasteiger partial charge in [0.15, 0.2) is 0 Å². The Morgan fingerprint density at radius 2 is 2.07 bits per heavy atom. The molecule has 2 fully saturated rings. The van der Waals surface area contributed by atoms with Crippen LogP contribution in [0.5, 0.6) is 0 Å². The normalized spacial score (nSPS) is 33.8. The summed E-state index contributed by atoms with van der Waals surface area (Å²) in [7, 11) is 0. The van der Waals surface area contributed by atoms with Crippen molar-refractivity contribution in [1.29, 1.82) is 0 Å². The maximum absolute atomic E-state index is 5.88. The summed E-state index contributed by atoms with van der Waals surface area (Å²) in [6.45, 7) is 7.17. The van der Waals surface area contributed by atoms with Gasteiger partial charge in [-0.25, -0.2) is 0 Å². The zero-order valence-corrected chi connectivity index (χ0v) is 10.0. The van der Waals surface area contributed by atoms with Gasteiger partial charge in [-0.05, 0) is 26.7 Å². The Labute approximate surface area is 93.0 Å². The smallest absolute Gasteiger partial charge is 0.0731 e. The van der Waals surface area contributed by atoms with Crippen LogP contribution in [0.15, 0.2) is 0 Å². The van der Waals surface area contributed by atoms with Crippen molar-refractivity contribution in [2.24, 2.45) is 5.73 Å². The third-order valence-electron chi connectivity index (χ3n) is 4.01. The van der Waals surface area contributed by atoms with Gasteiger partial charge in [0.25, 0.3) is 0 Å². The molecule has 3 heteroatoms. The van der Waals surface area contributed by atoms with Gasteiger partial charge in [0.2, 0.25) is 0 Å². The highest BCUT2D eigenvalue weighted by atomic mass is 16.5. The van der Waals surface area contributed by atoms with E-state index in [2.05, 4.69) is 18.7 Å². The monoisotopic (exact) mass is 212 g/mol. The van der Waals surface area contributed by atoms with Gasteiger partial charge >= 0.3 is 0 Å². The largest absolute Gasteiger partial charge is 0.375 e. The van der Waals surface area contributed by atoms with Gasteiger partial charge in [0.05, 0.1) is 12.7 Å². The van der Waals surface area contributed by atoms with Gasteiger partial charge in [-0.2, -0.15) is 0 Å². The molecule has 0 bridgehead atoms. The molecule has 2 aliphatic rings. The number of hydrogen-bond donors (Lipinski definition) is 1. The van der Waals surface area contributed by atoms with Gasteiger partial charge in [0.1, 0.15) is 0 Å². The van der Waals surface area contributed by atoms with Crippen molar-refractivity contribution in [3.05, 3.63) is 0 Å². The SMILES string of the molecule is CC(C)(CN)N1CCOC2CCCCC21. The Hall–Kier alpha value is -0.120. The Kier molecular flexibility index (Phi) is 3.33. The lowest BCUT2D eigenvalue weighted by Gasteiger charge is -2.50. The lowest BCUT2D eigenvalue weighted by molar-refractivity contribution is -0.118. The van der Waals surface area contributed by atoms with Crippen LogP contribution in [-0.2, 0) is 4.74 Å². The van der Waals surface area contributed by atoms with Crippen molar-refractivity contribution < 1.29 is 4.74 Å². The van der Waals surface area contributed by atoms with Crippen LogP contribution in [-0.4, -0.2) is 42.3 Å². The number of morpholine rings is 1. The van der Waals surface area contributed by atoms with E-state index >= 15 is 0 Å². The van der Waals surface area contributed by atoms with Crippen molar-refractivity contribution in [3.8, 4) is 0 Å². The Bertz CT molecular complexity index is 216. The van der Waals surface area contributed by atoms with Crippen molar-refractivity contribution >= 4 is 0 Å². The highest BCUT2D eigenvalue weighted by molar-refractivity contribution is 4.95. The van der Waals surface area contributed by atoms with Crippen molar-refractivity contribution in [3.63, 3.8) is 0 Å². The summed E-state index contributed by atoms with van der Waals surface area (Å²) in [5.41, 5.74) is 6.01. The predicted octanol–water partition coefficient (Wildman–Crippen LogP) is 1.37. The molecule has 0 aromatic rings. The summed E-state index contributed by atoms with van der Waals surface area (Å²) in [5, 5.41) is 0. The molecule has 0 spiro atoms. The maximum atomic E-state index is 5.88. The third-order valence-corrected chi connectivity index (χ3v) is 4.01. The van der Waals surface area contributed by atoms with Gasteiger partial charge in [0, 0.05) is 24.7 Å². The van der Waals surface area contributed by atoms with E-state index in [1.165, 1.54) is 25.7 Å². The highest BCUT2D eigenvalue weighted by Gasteiger charge is 2.40. The molecular weight excluding hydrogens is 188 g/mol. The fourth-order valence-electron chi connectivity index (χ4n) is 2.97. The molecule has 3 nitrogen and oxygen atoms in total. The molecule has 1 aliphatic carbocycles. The molecule has 0 aromatic heterocycles. The average molecular weight is 212 g/mol. The van der Waals surface area contributed by atoms with E-state index in [1.54, 1.807) is 0 Å². The molecule has 88 valence electrons. The first kappa shape index (κ1) is 11.4. The molecule has 2 N–H and O–H groups in total. The first-order valence-electron chi connectivity index (χ1n) is 6.23. The Morgan fingerprint density at radius 1 is 1.33 bits per heavy atom. The van der Waals surface area contributed by atoms with Gasteiger partial charge < -0.3 is 10.5 Å². The molecule has 0 aromatic carbocycles. The first-order chi connectivity index (χ1) is 7.15. The average Bonchev–Trinajstić information content (AvgIpc) is 2.28. The fourth-order valence-corrected chi connectivity index (χ4v) is 2.97. The zero-order valence-electron chi connectivity index (χ0n) is 10.0. The summed E-state index contributed by atoms with van der Waals surface area (Å²) in [4.78, 5) is 2.58. The Balaban J connectivity index is 2.09. The Morgan fingerprint density at radius 3 is 2.80 bits per heavy atom. The van der Waals surface area contributed by atoms with Gasteiger partial charge in [-0.3, -0.25) is 4.90 Å². The lowest BCUT2D eigenvalue weighted by atomic mass is 9.86. The van der Waals surface area contributed by atoms with Crippen molar-refractivity contribution in [2.75, 3.05) is 19.7 Å². The van der Waals surface area contributed by atoms with E-state index in [4.69, 9.17) is 10.5 Å². The van der Waals surface area contributed by atoms with Gasteiger partial charge in [-0.15, -0.1) is 0 Å². The van der Waals surface area contributed by atoms with E-state index in [1.807, 2.05) is 0 Å². The lowest BCUT2D eigenvalue weighted by Crippen LogP contribution is -2.62. The molecular formula is C12H24N2O. The maximum Gasteiger partial charge on any atom is 0.0731 e. The second-order valence-electron chi connectivity index (χ2n) is 5.47. The summed E-state index contributed by atoms with van der Waals surface area (Å²) >= 11 is 0. The molecule has 1 saturated carbocycles. The van der Waals surface area contributed by atoms with E-state index in [9.17, 15) is 0 Å². The molecule has 1 heterocycles. The molecule has 1 saturated heterocycles. The first-order valence-corrected chi connectivity index (χ1v) is 6.23. The molecule has 0 amide bonds. The summed E-state index contributed by atoms with van der Waals surface area (Å²) < 4.78 is 5.87. The molecule has 2 unspecified atom stereocenters. The second-order valence-corrected chi connectivity index (χ2v) is 5.47. The van der Waals surface area contributed by atoms with Crippen LogP contribution in [0.3, 0.4) is 0 Å².